The molecule has 2 unspecified atom stereocenters. The number of aromatic nitrogens is 1. The lowest BCUT2D eigenvalue weighted by Crippen LogP contribution is -2.15. The van der Waals surface area contributed by atoms with Crippen molar-refractivity contribution in [2.45, 2.75) is 11.7 Å². The van der Waals surface area contributed by atoms with E-state index in [1.165, 1.54) is 12.1 Å². The van der Waals surface area contributed by atoms with Crippen LogP contribution in [0.2, 0.25) is 5.15 Å². The number of aliphatic hydroxyl groups is 1. The van der Waals surface area contributed by atoms with Gasteiger partial charge in [-0.05, 0) is 23.8 Å². The Morgan fingerprint density at radius 2 is 2.05 bits per heavy atom. The van der Waals surface area contributed by atoms with Crippen LogP contribution in [-0.4, -0.2) is 16.7 Å². The van der Waals surface area contributed by atoms with Crippen LogP contribution in [0.5, 0.6) is 0 Å². The van der Waals surface area contributed by atoms with Crippen molar-refractivity contribution in [3.8, 4) is 0 Å². The SMILES string of the molecule is OCC1(c2ccc(F)cc2)OC1c1cccnc1Cl. The minimum absolute atomic E-state index is 0.200. The molecule has 1 saturated heterocycles. The van der Waals surface area contributed by atoms with Crippen LogP contribution in [0.15, 0.2) is 42.6 Å². The molecule has 2 aromatic rings. The Labute approximate surface area is 114 Å². The first-order chi connectivity index (χ1) is 9.17. The molecule has 0 amide bonds. The van der Waals surface area contributed by atoms with Crippen LogP contribution < -0.4 is 0 Å². The molecule has 1 N–H and O–H groups in total. The van der Waals surface area contributed by atoms with Gasteiger partial charge in [-0.25, -0.2) is 9.37 Å². The van der Waals surface area contributed by atoms with E-state index in [0.29, 0.717) is 5.15 Å². The molecule has 1 fully saturated rings. The number of hydrogen-bond acceptors (Lipinski definition) is 3. The summed E-state index contributed by atoms with van der Waals surface area (Å²) >= 11 is 6.02. The van der Waals surface area contributed by atoms with Gasteiger partial charge in [-0.3, -0.25) is 0 Å². The van der Waals surface area contributed by atoms with Crippen LogP contribution in [0.3, 0.4) is 0 Å². The maximum Gasteiger partial charge on any atom is 0.147 e. The van der Waals surface area contributed by atoms with Crippen LogP contribution >= 0.6 is 11.6 Å². The smallest absolute Gasteiger partial charge is 0.147 e. The normalized spacial score (nSPS) is 25.3. The quantitative estimate of drug-likeness (QED) is 0.694. The molecule has 1 aliphatic heterocycles. The molecular formula is C14H11ClFNO2. The molecule has 2 heterocycles. The van der Waals surface area contributed by atoms with Gasteiger partial charge in [-0.2, -0.15) is 0 Å². The number of benzene rings is 1. The Hall–Kier alpha value is -1.49. The second kappa shape index (κ2) is 4.56. The Morgan fingerprint density at radius 1 is 1.32 bits per heavy atom. The van der Waals surface area contributed by atoms with Gasteiger partial charge in [0.15, 0.2) is 0 Å². The van der Waals surface area contributed by atoms with Gasteiger partial charge >= 0.3 is 0 Å². The molecule has 0 saturated carbocycles. The van der Waals surface area contributed by atoms with Crippen molar-refractivity contribution < 1.29 is 14.2 Å². The highest BCUT2D eigenvalue weighted by Crippen LogP contribution is 2.57. The molecule has 1 aliphatic rings. The average molecular weight is 280 g/mol. The van der Waals surface area contributed by atoms with Crippen molar-refractivity contribution in [3.05, 3.63) is 64.7 Å². The summed E-state index contributed by atoms with van der Waals surface area (Å²) in [5.74, 6) is -0.326. The number of epoxide rings is 1. The lowest BCUT2D eigenvalue weighted by molar-refractivity contribution is 0.172. The first-order valence-electron chi connectivity index (χ1n) is 5.82. The number of halogens is 2. The number of hydrogen-bond donors (Lipinski definition) is 1. The maximum absolute atomic E-state index is 12.9. The highest BCUT2D eigenvalue weighted by molar-refractivity contribution is 6.30. The van der Waals surface area contributed by atoms with E-state index in [1.807, 2.05) is 0 Å². The van der Waals surface area contributed by atoms with Gasteiger partial charge in [-0.15, -0.1) is 0 Å². The molecule has 0 bridgehead atoms. The summed E-state index contributed by atoms with van der Waals surface area (Å²) in [6.45, 7) is -0.200. The minimum Gasteiger partial charge on any atom is -0.393 e. The molecule has 0 spiro atoms. The first-order valence-corrected chi connectivity index (χ1v) is 6.20. The van der Waals surface area contributed by atoms with E-state index in [-0.39, 0.29) is 18.5 Å². The van der Waals surface area contributed by atoms with Gasteiger partial charge in [0.1, 0.15) is 22.7 Å². The van der Waals surface area contributed by atoms with Crippen molar-refractivity contribution in [3.63, 3.8) is 0 Å². The monoisotopic (exact) mass is 279 g/mol. The standard InChI is InChI=1S/C14H11ClFNO2/c15-13-11(2-1-7-17-13)12-14(8-18,19-12)9-3-5-10(16)6-4-9/h1-7,12,18H,8H2. The second-order valence-electron chi connectivity index (χ2n) is 4.44. The van der Waals surface area contributed by atoms with Crippen LogP contribution in [0.4, 0.5) is 4.39 Å². The predicted molar refractivity (Wildman–Crippen MR) is 68.2 cm³/mol. The lowest BCUT2D eigenvalue weighted by atomic mass is 9.93. The molecule has 98 valence electrons. The van der Waals surface area contributed by atoms with E-state index in [0.717, 1.165) is 11.1 Å². The van der Waals surface area contributed by atoms with Crippen molar-refractivity contribution in [1.29, 1.82) is 0 Å². The molecule has 0 radical (unpaired) electrons. The highest BCUT2D eigenvalue weighted by Gasteiger charge is 2.59. The minimum atomic E-state index is -0.847. The van der Waals surface area contributed by atoms with Crippen molar-refractivity contribution in [1.82, 2.24) is 4.98 Å². The average Bonchev–Trinajstić information content (AvgIpc) is 3.16. The van der Waals surface area contributed by atoms with E-state index in [9.17, 15) is 9.50 Å². The fourth-order valence-corrected chi connectivity index (χ4v) is 2.47. The number of aliphatic hydroxyl groups excluding tert-OH is 1. The van der Waals surface area contributed by atoms with Crippen molar-refractivity contribution >= 4 is 11.6 Å². The molecule has 3 rings (SSSR count). The van der Waals surface area contributed by atoms with Gasteiger partial charge in [-0.1, -0.05) is 29.8 Å². The number of pyridine rings is 1. The topological polar surface area (TPSA) is 45.6 Å². The van der Waals surface area contributed by atoms with E-state index in [2.05, 4.69) is 4.98 Å². The highest BCUT2D eigenvalue weighted by atomic mass is 35.5. The molecule has 5 heteroatoms. The Morgan fingerprint density at radius 3 is 2.68 bits per heavy atom. The molecule has 1 aromatic carbocycles. The van der Waals surface area contributed by atoms with Gasteiger partial charge in [0.25, 0.3) is 0 Å². The third-order valence-electron chi connectivity index (χ3n) is 3.33. The molecule has 2 atom stereocenters. The summed E-state index contributed by atoms with van der Waals surface area (Å²) in [5.41, 5.74) is 0.601. The zero-order valence-electron chi connectivity index (χ0n) is 9.88. The Bertz CT molecular complexity index is 605. The molecule has 19 heavy (non-hydrogen) atoms. The Balaban J connectivity index is 1.96. The fourth-order valence-electron chi connectivity index (χ4n) is 2.25. The molecule has 3 nitrogen and oxygen atoms in total. The number of ether oxygens (including phenoxy) is 1. The molecule has 0 aliphatic carbocycles. The van der Waals surface area contributed by atoms with E-state index in [4.69, 9.17) is 16.3 Å². The van der Waals surface area contributed by atoms with Crippen LogP contribution in [-0.2, 0) is 10.3 Å². The van der Waals surface area contributed by atoms with E-state index in [1.54, 1.807) is 30.5 Å². The summed E-state index contributed by atoms with van der Waals surface area (Å²) < 4.78 is 18.6. The van der Waals surface area contributed by atoms with Gasteiger partial charge < -0.3 is 9.84 Å². The zero-order valence-corrected chi connectivity index (χ0v) is 10.6. The van der Waals surface area contributed by atoms with Crippen LogP contribution in [0, 0.1) is 5.82 Å². The van der Waals surface area contributed by atoms with Gasteiger partial charge in [0.2, 0.25) is 0 Å². The largest absolute Gasteiger partial charge is 0.393 e. The summed E-state index contributed by atoms with van der Waals surface area (Å²) in [7, 11) is 0. The number of nitrogens with zero attached hydrogens (tertiary/aromatic N) is 1. The third-order valence-corrected chi connectivity index (χ3v) is 3.65. The first kappa shape index (κ1) is 12.5. The Kier molecular flexibility index (Phi) is 3.01. The fraction of sp³-hybridized carbons (Fsp3) is 0.214. The van der Waals surface area contributed by atoms with E-state index < -0.39 is 5.60 Å². The summed E-state index contributed by atoms with van der Waals surface area (Å²) in [5, 5.41) is 9.97. The lowest BCUT2D eigenvalue weighted by Gasteiger charge is -2.10. The van der Waals surface area contributed by atoms with Crippen molar-refractivity contribution in [2.24, 2.45) is 0 Å². The second-order valence-corrected chi connectivity index (χ2v) is 4.79. The molecule has 1 aromatic heterocycles. The van der Waals surface area contributed by atoms with Gasteiger partial charge in [0.05, 0.1) is 6.61 Å². The maximum atomic E-state index is 12.9. The number of rotatable bonds is 3. The van der Waals surface area contributed by atoms with Crippen molar-refractivity contribution in [2.75, 3.05) is 6.61 Å². The zero-order chi connectivity index (χ0) is 13.5. The summed E-state index contributed by atoms with van der Waals surface area (Å²) in [4.78, 5) is 3.99. The molecular weight excluding hydrogens is 269 g/mol. The summed E-state index contributed by atoms with van der Waals surface area (Å²) in [6, 6.07) is 9.47. The summed E-state index contributed by atoms with van der Waals surface area (Å²) in [6.07, 6.45) is 1.23. The van der Waals surface area contributed by atoms with Crippen LogP contribution in [0.1, 0.15) is 17.2 Å². The van der Waals surface area contributed by atoms with Crippen LogP contribution in [0.25, 0.3) is 0 Å². The van der Waals surface area contributed by atoms with Gasteiger partial charge in [0, 0.05) is 11.8 Å². The third kappa shape index (κ3) is 2.02. The van der Waals surface area contributed by atoms with E-state index >= 15 is 0 Å². The predicted octanol–water partition coefficient (Wildman–Crippen LogP) is 2.83.